The summed E-state index contributed by atoms with van der Waals surface area (Å²) in [4.78, 5) is 0. The Morgan fingerprint density at radius 3 is 1.50 bits per heavy atom. The van der Waals surface area contributed by atoms with Crippen molar-refractivity contribution in [1.82, 2.24) is 0 Å². The Balaban J connectivity index is 1.09. The van der Waals surface area contributed by atoms with Gasteiger partial charge in [-0.25, -0.2) is 0 Å². The minimum Gasteiger partial charge on any atom is -0.0836 e. The van der Waals surface area contributed by atoms with Gasteiger partial charge in [0.1, 0.15) is 0 Å². The van der Waals surface area contributed by atoms with Crippen LogP contribution in [0.5, 0.6) is 0 Å². The fourth-order valence-electron chi connectivity index (χ4n) is 9.27. The molecule has 0 heterocycles. The molecule has 10 aromatic carbocycles. The second-order valence-electron chi connectivity index (χ2n) is 14.7. The monoisotopic (exact) mass is 684 g/mol. The van der Waals surface area contributed by atoms with E-state index in [1.165, 1.54) is 109 Å². The van der Waals surface area contributed by atoms with Crippen molar-refractivity contribution in [3.8, 4) is 44.5 Å². The van der Waals surface area contributed by atoms with E-state index >= 15 is 0 Å². The standard InChI is InChI=1S/C54H36/c1-3-18-41-38(14-1)33-51(45-22-7-5-20-43(41)45)35-28-30-36(31-29-35)53-47-24-9-11-26-49(47)54(50-27-12-10-25-48(50)53)40-17-13-16-37(32-40)52-34-39-15-2-4-19-42(39)44-21-6-8-23-46(44)52/h1-4,6-19,21-34H,5,20H2. The Kier molecular flexibility index (Phi) is 7.10. The summed E-state index contributed by atoms with van der Waals surface area (Å²) in [5.74, 6) is 0. The van der Waals surface area contributed by atoms with Gasteiger partial charge in [-0.1, -0.05) is 176 Å². The lowest BCUT2D eigenvalue weighted by molar-refractivity contribution is 0.998. The second-order valence-corrected chi connectivity index (χ2v) is 14.7. The van der Waals surface area contributed by atoms with Crippen LogP contribution in [0.2, 0.25) is 0 Å². The van der Waals surface area contributed by atoms with E-state index in [9.17, 15) is 0 Å². The third-order valence-electron chi connectivity index (χ3n) is 11.7. The van der Waals surface area contributed by atoms with Crippen LogP contribution in [0.3, 0.4) is 0 Å². The molecule has 0 nitrogen and oxygen atoms in total. The molecule has 1 aliphatic rings. The molecule has 1 aliphatic carbocycles. The molecule has 0 atom stereocenters. The van der Waals surface area contributed by atoms with Crippen LogP contribution in [0.15, 0.2) is 188 Å². The lowest BCUT2D eigenvalue weighted by atomic mass is 9.84. The highest BCUT2D eigenvalue weighted by Gasteiger charge is 2.19. The lowest BCUT2D eigenvalue weighted by Crippen LogP contribution is -1.98. The van der Waals surface area contributed by atoms with Crippen molar-refractivity contribution in [2.45, 2.75) is 12.8 Å². The first kappa shape index (κ1) is 30.8. The molecule has 0 bridgehead atoms. The summed E-state index contributed by atoms with van der Waals surface area (Å²) in [7, 11) is 0. The molecule has 0 saturated heterocycles. The summed E-state index contributed by atoms with van der Waals surface area (Å²) in [6, 6.07) is 67.6. The molecule has 0 heteroatoms. The number of fused-ring (bicyclic) bond motifs is 8. The van der Waals surface area contributed by atoms with Crippen LogP contribution < -0.4 is 0 Å². The predicted molar refractivity (Wildman–Crippen MR) is 233 cm³/mol. The van der Waals surface area contributed by atoms with Crippen LogP contribution >= 0.6 is 0 Å². The summed E-state index contributed by atoms with van der Waals surface area (Å²) in [5.41, 5.74) is 12.9. The van der Waals surface area contributed by atoms with Crippen LogP contribution in [0.4, 0.5) is 0 Å². The van der Waals surface area contributed by atoms with Gasteiger partial charge < -0.3 is 0 Å². The summed E-state index contributed by atoms with van der Waals surface area (Å²) < 4.78 is 0. The third-order valence-corrected chi connectivity index (χ3v) is 11.7. The molecule has 0 aromatic heterocycles. The molecule has 0 spiro atoms. The molecule has 0 radical (unpaired) electrons. The second kappa shape index (κ2) is 12.4. The minimum absolute atomic E-state index is 1.09. The Labute approximate surface area is 315 Å². The van der Waals surface area contributed by atoms with Crippen molar-refractivity contribution >= 4 is 59.9 Å². The fraction of sp³-hybridized carbons (Fsp3) is 0.0370. The number of allylic oxidation sites excluding steroid dienone is 1. The average Bonchev–Trinajstić information content (AvgIpc) is 3.25. The summed E-state index contributed by atoms with van der Waals surface area (Å²) in [5, 5.41) is 12.9. The van der Waals surface area contributed by atoms with E-state index in [-0.39, 0.29) is 0 Å². The predicted octanol–water partition coefficient (Wildman–Crippen LogP) is 15.1. The number of benzene rings is 10. The molecule has 0 amide bonds. The number of rotatable bonds is 4. The number of hydrogen-bond donors (Lipinski definition) is 0. The highest BCUT2D eigenvalue weighted by molar-refractivity contribution is 6.22. The molecule has 0 N–H and O–H groups in total. The zero-order chi connectivity index (χ0) is 35.6. The molecule has 252 valence electrons. The van der Waals surface area contributed by atoms with Gasteiger partial charge in [0.05, 0.1) is 0 Å². The van der Waals surface area contributed by atoms with E-state index in [1.807, 2.05) is 0 Å². The Morgan fingerprint density at radius 2 is 0.815 bits per heavy atom. The lowest BCUT2D eigenvalue weighted by Gasteiger charge is -2.20. The van der Waals surface area contributed by atoms with Crippen molar-refractivity contribution in [3.05, 3.63) is 199 Å². The Bertz CT molecular complexity index is 3080. The van der Waals surface area contributed by atoms with Gasteiger partial charge in [-0.3, -0.25) is 0 Å². The Hall–Kier alpha value is -6.76. The SMILES string of the molecule is C1=Cc2c(-c3ccc(-c4c5ccccc5c(-c5cccc(-c6cc7ccccc7c7ccccc67)c5)c5ccccc45)cc3)cc3ccccc3c2CC1. The molecule has 0 aliphatic heterocycles. The maximum atomic E-state index is 2.40. The maximum absolute atomic E-state index is 2.40. The molecule has 0 fully saturated rings. The maximum Gasteiger partial charge on any atom is -0.00262 e. The Morgan fingerprint density at radius 1 is 0.315 bits per heavy atom. The van der Waals surface area contributed by atoms with Gasteiger partial charge in [0, 0.05) is 0 Å². The van der Waals surface area contributed by atoms with E-state index in [4.69, 9.17) is 0 Å². The van der Waals surface area contributed by atoms with Crippen LogP contribution in [0.25, 0.3) is 104 Å². The topological polar surface area (TPSA) is 0 Å². The first-order valence-corrected chi connectivity index (χ1v) is 19.1. The zero-order valence-corrected chi connectivity index (χ0v) is 29.9. The van der Waals surface area contributed by atoms with Crippen LogP contribution in [-0.2, 0) is 6.42 Å². The van der Waals surface area contributed by atoms with Crippen molar-refractivity contribution < 1.29 is 0 Å². The van der Waals surface area contributed by atoms with Gasteiger partial charge in [-0.15, -0.1) is 0 Å². The molecule has 11 rings (SSSR count). The van der Waals surface area contributed by atoms with E-state index < -0.39 is 0 Å². The highest BCUT2D eigenvalue weighted by Crippen LogP contribution is 2.46. The zero-order valence-electron chi connectivity index (χ0n) is 29.9. The first-order chi connectivity index (χ1) is 26.8. The number of aryl methyl sites for hydroxylation is 1. The number of hydrogen-bond acceptors (Lipinski definition) is 0. The largest absolute Gasteiger partial charge is 0.0836 e. The third kappa shape index (κ3) is 4.84. The van der Waals surface area contributed by atoms with Crippen molar-refractivity contribution in [3.63, 3.8) is 0 Å². The van der Waals surface area contributed by atoms with Crippen molar-refractivity contribution in [2.75, 3.05) is 0 Å². The van der Waals surface area contributed by atoms with Crippen LogP contribution in [0.1, 0.15) is 17.5 Å². The van der Waals surface area contributed by atoms with E-state index in [1.54, 1.807) is 0 Å². The smallest absolute Gasteiger partial charge is 0.00262 e. The van der Waals surface area contributed by atoms with Crippen molar-refractivity contribution in [1.29, 1.82) is 0 Å². The van der Waals surface area contributed by atoms with Gasteiger partial charge in [-0.2, -0.15) is 0 Å². The van der Waals surface area contributed by atoms with Crippen molar-refractivity contribution in [2.24, 2.45) is 0 Å². The fourth-order valence-corrected chi connectivity index (χ4v) is 9.27. The first-order valence-electron chi connectivity index (χ1n) is 19.1. The van der Waals surface area contributed by atoms with E-state index in [0.29, 0.717) is 0 Å². The average molecular weight is 685 g/mol. The van der Waals surface area contributed by atoms with Gasteiger partial charge in [0.15, 0.2) is 0 Å². The summed E-state index contributed by atoms with van der Waals surface area (Å²) >= 11 is 0. The normalized spacial score (nSPS) is 12.6. The van der Waals surface area contributed by atoms with Crippen LogP contribution in [-0.4, -0.2) is 0 Å². The highest BCUT2D eigenvalue weighted by atomic mass is 14.2. The molecule has 0 saturated carbocycles. The van der Waals surface area contributed by atoms with E-state index in [2.05, 4.69) is 194 Å². The summed E-state index contributed by atoms with van der Waals surface area (Å²) in [6.07, 6.45) is 6.85. The quantitative estimate of drug-likeness (QED) is 0.128. The molecule has 54 heavy (non-hydrogen) atoms. The van der Waals surface area contributed by atoms with Gasteiger partial charge >= 0.3 is 0 Å². The molecular weight excluding hydrogens is 649 g/mol. The molecular formula is C54H36. The summed E-state index contributed by atoms with van der Waals surface area (Å²) in [6.45, 7) is 0. The molecule has 0 unspecified atom stereocenters. The minimum atomic E-state index is 1.09. The van der Waals surface area contributed by atoms with Gasteiger partial charge in [-0.05, 0) is 141 Å². The van der Waals surface area contributed by atoms with Gasteiger partial charge in [0.2, 0.25) is 0 Å². The molecule has 10 aromatic rings. The van der Waals surface area contributed by atoms with Gasteiger partial charge in [0.25, 0.3) is 0 Å². The van der Waals surface area contributed by atoms with E-state index in [0.717, 1.165) is 12.8 Å². The van der Waals surface area contributed by atoms with Crippen LogP contribution in [0, 0.1) is 0 Å².